The van der Waals surface area contributed by atoms with Crippen LogP contribution in [-0.2, 0) is 7.05 Å². The Morgan fingerprint density at radius 2 is 2.22 bits per heavy atom. The van der Waals surface area contributed by atoms with E-state index in [1.54, 1.807) is 11.3 Å². The van der Waals surface area contributed by atoms with Gasteiger partial charge in [0.25, 0.3) is 0 Å². The summed E-state index contributed by atoms with van der Waals surface area (Å²) in [5, 5.41) is 10.0. The number of thiophene rings is 1. The lowest BCUT2D eigenvalue weighted by atomic mass is 9.92. The Morgan fingerprint density at radius 3 is 2.89 bits per heavy atom. The minimum Gasteiger partial charge on any atom is -0.317 e. The Bertz CT molecular complexity index is 540. The molecule has 3 rings (SSSR count). The Kier molecular flexibility index (Phi) is 3.54. The van der Waals surface area contributed by atoms with Crippen molar-refractivity contribution in [1.29, 1.82) is 0 Å². The predicted octanol–water partition coefficient (Wildman–Crippen LogP) is 3.38. The molecule has 3 heterocycles. The van der Waals surface area contributed by atoms with E-state index in [2.05, 4.69) is 49.5 Å². The third kappa shape index (κ3) is 2.27. The van der Waals surface area contributed by atoms with Gasteiger partial charge in [-0.15, -0.1) is 11.3 Å². The van der Waals surface area contributed by atoms with Crippen LogP contribution in [0.3, 0.4) is 0 Å². The summed E-state index contributed by atoms with van der Waals surface area (Å²) < 4.78 is 3.21. The second-order valence-corrected chi connectivity index (χ2v) is 6.55. The van der Waals surface area contributed by atoms with Crippen LogP contribution in [0.2, 0.25) is 0 Å². The first-order valence-electron chi connectivity index (χ1n) is 6.22. The number of rotatable bonds is 2. The van der Waals surface area contributed by atoms with E-state index < -0.39 is 0 Å². The van der Waals surface area contributed by atoms with Crippen LogP contribution in [0.5, 0.6) is 0 Å². The summed E-state index contributed by atoms with van der Waals surface area (Å²) in [6.45, 7) is 2.23. The van der Waals surface area contributed by atoms with Gasteiger partial charge in [-0.05, 0) is 47.9 Å². The van der Waals surface area contributed by atoms with Crippen molar-refractivity contribution in [2.75, 3.05) is 13.1 Å². The molecule has 0 unspecified atom stereocenters. The summed E-state index contributed by atoms with van der Waals surface area (Å²) in [7, 11) is 2.06. The Hall–Kier alpha value is -0.650. The van der Waals surface area contributed by atoms with Gasteiger partial charge < -0.3 is 5.32 Å². The van der Waals surface area contributed by atoms with Crippen molar-refractivity contribution in [3.8, 4) is 10.4 Å². The molecule has 1 aliphatic heterocycles. The van der Waals surface area contributed by atoms with Crippen molar-refractivity contribution in [2.45, 2.75) is 18.8 Å². The molecule has 1 saturated heterocycles. The van der Waals surface area contributed by atoms with Crippen LogP contribution >= 0.6 is 27.3 Å². The van der Waals surface area contributed by atoms with Gasteiger partial charge in [-0.25, -0.2) is 0 Å². The molecule has 0 spiro atoms. The van der Waals surface area contributed by atoms with Crippen molar-refractivity contribution in [3.63, 3.8) is 0 Å². The van der Waals surface area contributed by atoms with E-state index in [1.165, 1.54) is 29.0 Å². The highest BCUT2D eigenvalue weighted by Crippen LogP contribution is 2.37. The summed E-state index contributed by atoms with van der Waals surface area (Å²) in [6.07, 6.45) is 4.42. The molecule has 1 N–H and O–H groups in total. The second kappa shape index (κ2) is 5.15. The third-order valence-corrected chi connectivity index (χ3v) is 5.27. The average molecular weight is 326 g/mol. The fourth-order valence-corrected chi connectivity index (χ4v) is 4.12. The van der Waals surface area contributed by atoms with E-state index >= 15 is 0 Å². The molecule has 2 aromatic rings. The summed E-state index contributed by atoms with van der Waals surface area (Å²) in [5.74, 6) is 0.634. The van der Waals surface area contributed by atoms with Crippen LogP contribution in [0.1, 0.15) is 24.5 Å². The van der Waals surface area contributed by atoms with Gasteiger partial charge in [0.05, 0.1) is 6.20 Å². The first-order chi connectivity index (χ1) is 8.75. The number of piperidine rings is 1. The molecular formula is C13H16BrN3S. The van der Waals surface area contributed by atoms with Crippen molar-refractivity contribution in [1.82, 2.24) is 15.1 Å². The van der Waals surface area contributed by atoms with Crippen molar-refractivity contribution in [2.24, 2.45) is 7.05 Å². The summed E-state index contributed by atoms with van der Waals surface area (Å²) in [4.78, 5) is 1.31. The summed E-state index contributed by atoms with van der Waals surface area (Å²) in [6, 6.07) is 2.19. The van der Waals surface area contributed by atoms with Crippen LogP contribution in [0.25, 0.3) is 10.4 Å². The van der Waals surface area contributed by atoms with Gasteiger partial charge in [-0.1, -0.05) is 0 Å². The van der Waals surface area contributed by atoms with Crippen LogP contribution in [-0.4, -0.2) is 22.9 Å². The van der Waals surface area contributed by atoms with Crippen LogP contribution in [0, 0.1) is 0 Å². The molecular weight excluding hydrogens is 310 g/mol. The molecule has 0 bridgehead atoms. The van der Waals surface area contributed by atoms with E-state index in [1.807, 2.05) is 6.20 Å². The van der Waals surface area contributed by atoms with Gasteiger partial charge in [-0.2, -0.15) is 5.10 Å². The molecule has 5 heteroatoms. The molecule has 0 atom stereocenters. The molecule has 0 aromatic carbocycles. The first kappa shape index (κ1) is 12.4. The minimum atomic E-state index is 0.634. The van der Waals surface area contributed by atoms with Gasteiger partial charge >= 0.3 is 0 Å². The second-order valence-electron chi connectivity index (χ2n) is 4.72. The highest BCUT2D eigenvalue weighted by molar-refractivity contribution is 9.10. The largest absolute Gasteiger partial charge is 0.317 e. The van der Waals surface area contributed by atoms with Crippen LogP contribution in [0.4, 0.5) is 0 Å². The number of nitrogens with zero attached hydrogens (tertiary/aromatic N) is 2. The van der Waals surface area contributed by atoms with Gasteiger partial charge in [0.2, 0.25) is 0 Å². The van der Waals surface area contributed by atoms with Gasteiger partial charge in [0.1, 0.15) is 0 Å². The van der Waals surface area contributed by atoms with E-state index in [4.69, 9.17) is 0 Å². The van der Waals surface area contributed by atoms with Crippen LogP contribution < -0.4 is 5.32 Å². The van der Waals surface area contributed by atoms with E-state index in [9.17, 15) is 0 Å². The topological polar surface area (TPSA) is 29.9 Å². The highest BCUT2D eigenvalue weighted by Gasteiger charge is 2.23. The van der Waals surface area contributed by atoms with Gasteiger partial charge in [0, 0.05) is 39.0 Å². The average Bonchev–Trinajstić information content (AvgIpc) is 2.96. The fraction of sp³-hybridized carbons (Fsp3) is 0.462. The lowest BCUT2D eigenvalue weighted by Crippen LogP contribution is -2.27. The lowest BCUT2D eigenvalue weighted by molar-refractivity contribution is 0.440. The SMILES string of the molecule is Cn1ncc(-c2cc(Br)cs2)c1C1CCNCC1. The summed E-state index contributed by atoms with van der Waals surface area (Å²) in [5.41, 5.74) is 2.70. The van der Waals surface area contributed by atoms with Crippen molar-refractivity contribution >= 4 is 27.3 Å². The highest BCUT2D eigenvalue weighted by atomic mass is 79.9. The normalized spacial score (nSPS) is 17.2. The lowest BCUT2D eigenvalue weighted by Gasteiger charge is -2.23. The van der Waals surface area contributed by atoms with Crippen LogP contribution in [0.15, 0.2) is 22.1 Å². The standard InChI is InChI=1S/C13H16BrN3S/c1-17-13(9-2-4-15-5-3-9)11(7-16-17)12-6-10(14)8-18-12/h6-9,15H,2-5H2,1H3. The molecule has 0 aliphatic carbocycles. The Labute approximate surface area is 119 Å². The number of halogens is 1. The number of nitrogens with one attached hydrogen (secondary N) is 1. The molecule has 1 fully saturated rings. The maximum atomic E-state index is 4.47. The van der Waals surface area contributed by atoms with Gasteiger partial charge in [-0.3, -0.25) is 4.68 Å². The third-order valence-electron chi connectivity index (χ3n) is 3.54. The smallest absolute Gasteiger partial charge is 0.0579 e. The van der Waals surface area contributed by atoms with E-state index in [0.717, 1.165) is 17.6 Å². The van der Waals surface area contributed by atoms with E-state index in [-0.39, 0.29) is 0 Å². The van der Waals surface area contributed by atoms with Crippen molar-refractivity contribution < 1.29 is 0 Å². The first-order valence-corrected chi connectivity index (χ1v) is 7.90. The molecule has 96 valence electrons. The minimum absolute atomic E-state index is 0.634. The Balaban J connectivity index is 2.00. The number of hydrogen-bond donors (Lipinski definition) is 1. The fourth-order valence-electron chi connectivity index (χ4n) is 2.67. The molecule has 1 aliphatic rings. The molecule has 0 amide bonds. The number of aryl methyl sites for hydroxylation is 1. The van der Waals surface area contributed by atoms with E-state index in [0.29, 0.717) is 5.92 Å². The molecule has 2 aromatic heterocycles. The molecule has 18 heavy (non-hydrogen) atoms. The molecule has 0 radical (unpaired) electrons. The zero-order valence-electron chi connectivity index (χ0n) is 10.3. The molecule has 0 saturated carbocycles. The maximum Gasteiger partial charge on any atom is 0.0579 e. The summed E-state index contributed by atoms with van der Waals surface area (Å²) >= 11 is 5.31. The maximum absolute atomic E-state index is 4.47. The number of hydrogen-bond acceptors (Lipinski definition) is 3. The Morgan fingerprint density at radius 1 is 1.44 bits per heavy atom. The quantitative estimate of drug-likeness (QED) is 0.917. The van der Waals surface area contributed by atoms with Gasteiger partial charge in [0.15, 0.2) is 0 Å². The molecule has 3 nitrogen and oxygen atoms in total. The van der Waals surface area contributed by atoms with Crippen molar-refractivity contribution in [3.05, 3.63) is 27.8 Å². The monoisotopic (exact) mass is 325 g/mol. The zero-order chi connectivity index (χ0) is 12.5. The predicted molar refractivity (Wildman–Crippen MR) is 79.1 cm³/mol. The number of aromatic nitrogens is 2. The zero-order valence-corrected chi connectivity index (χ0v) is 12.7.